The molecule has 1 aliphatic carbocycles. The standard InChI is InChI=1S/C32H51ClN2O6/c1-22(2)17-28(36)30(38)26(18-23-9-5-4-6-10-23)20-29(37)35-15-8-12-25(21-35)31(24-11-7-13-27(33)19-24)41-16-14-34-32(39)40-3/h7,11,13,19,22-23,25-26,28,30-31,36,38H,4-6,8-10,12,14-18,20-21H2,1-3H3,(H,34,39)/t25-,26-,28+,30-,31+/m1/s1. The van der Waals surface area contributed by atoms with Crippen LogP contribution >= 0.6 is 11.6 Å². The summed E-state index contributed by atoms with van der Waals surface area (Å²) < 4.78 is 10.9. The van der Waals surface area contributed by atoms with E-state index in [2.05, 4.69) is 10.1 Å². The van der Waals surface area contributed by atoms with Crippen LogP contribution in [0.5, 0.6) is 0 Å². The minimum absolute atomic E-state index is 0.0310. The van der Waals surface area contributed by atoms with Crippen LogP contribution in [0.2, 0.25) is 5.02 Å². The number of aliphatic hydroxyl groups excluding tert-OH is 2. The van der Waals surface area contributed by atoms with Gasteiger partial charge in [-0.15, -0.1) is 0 Å². The van der Waals surface area contributed by atoms with E-state index in [0.717, 1.165) is 37.7 Å². The molecule has 8 nitrogen and oxygen atoms in total. The predicted molar refractivity (Wildman–Crippen MR) is 161 cm³/mol. The molecule has 1 saturated heterocycles. The molecular weight excluding hydrogens is 544 g/mol. The number of alkyl carbamates (subject to hydrolysis) is 1. The molecule has 2 amide bonds. The number of amides is 2. The van der Waals surface area contributed by atoms with Crippen LogP contribution in [-0.4, -0.2) is 72.7 Å². The Balaban J connectivity index is 1.69. The second kappa shape index (κ2) is 17.3. The maximum Gasteiger partial charge on any atom is 0.406 e. The van der Waals surface area contributed by atoms with Gasteiger partial charge in [-0.1, -0.05) is 69.7 Å². The van der Waals surface area contributed by atoms with Crippen LogP contribution in [0.1, 0.15) is 89.7 Å². The lowest BCUT2D eigenvalue weighted by molar-refractivity contribution is -0.138. The number of nitrogens with zero attached hydrogens (tertiary/aromatic N) is 1. The van der Waals surface area contributed by atoms with E-state index < -0.39 is 18.3 Å². The summed E-state index contributed by atoms with van der Waals surface area (Å²) in [5, 5.41) is 25.3. The van der Waals surface area contributed by atoms with Gasteiger partial charge in [0.25, 0.3) is 0 Å². The number of piperidine rings is 1. The first-order valence-electron chi connectivity index (χ1n) is 15.5. The van der Waals surface area contributed by atoms with Crippen molar-refractivity contribution in [1.29, 1.82) is 0 Å². The van der Waals surface area contributed by atoms with Gasteiger partial charge >= 0.3 is 6.09 Å². The van der Waals surface area contributed by atoms with Gasteiger partial charge in [-0.3, -0.25) is 4.79 Å². The summed E-state index contributed by atoms with van der Waals surface area (Å²) in [6.45, 7) is 5.88. The van der Waals surface area contributed by atoms with E-state index in [1.165, 1.54) is 26.4 Å². The fourth-order valence-corrected chi connectivity index (χ4v) is 6.77. The third-order valence-corrected chi connectivity index (χ3v) is 8.89. The van der Waals surface area contributed by atoms with E-state index >= 15 is 0 Å². The van der Waals surface area contributed by atoms with Crippen LogP contribution in [0.3, 0.4) is 0 Å². The number of aliphatic hydroxyl groups is 2. The summed E-state index contributed by atoms with van der Waals surface area (Å²) in [7, 11) is 1.32. The van der Waals surface area contributed by atoms with E-state index in [1.807, 2.05) is 43.0 Å². The number of ether oxygens (including phenoxy) is 2. The van der Waals surface area contributed by atoms with Gasteiger partial charge in [0, 0.05) is 37.0 Å². The largest absolute Gasteiger partial charge is 0.453 e. The Hall–Kier alpha value is -1.87. The van der Waals surface area contributed by atoms with Gasteiger partial charge in [0.1, 0.15) is 0 Å². The number of rotatable bonds is 14. The first kappa shape index (κ1) is 33.6. The fraction of sp³-hybridized carbons (Fsp3) is 0.750. The molecule has 3 N–H and O–H groups in total. The molecule has 0 aromatic heterocycles. The van der Waals surface area contributed by atoms with Gasteiger partial charge in [-0.2, -0.15) is 0 Å². The van der Waals surface area contributed by atoms with Crippen molar-refractivity contribution < 1.29 is 29.3 Å². The molecule has 1 aromatic rings. The van der Waals surface area contributed by atoms with E-state index in [9.17, 15) is 19.8 Å². The number of methoxy groups -OCH3 is 1. The van der Waals surface area contributed by atoms with Crippen LogP contribution in [0.15, 0.2) is 24.3 Å². The van der Waals surface area contributed by atoms with Gasteiger partial charge in [0.05, 0.1) is 32.0 Å². The van der Waals surface area contributed by atoms with Crippen molar-refractivity contribution >= 4 is 23.6 Å². The zero-order valence-electron chi connectivity index (χ0n) is 25.1. The molecule has 0 unspecified atom stereocenters. The summed E-state index contributed by atoms with van der Waals surface area (Å²) in [5.41, 5.74) is 0.942. The van der Waals surface area contributed by atoms with E-state index in [1.54, 1.807) is 0 Å². The fourth-order valence-electron chi connectivity index (χ4n) is 6.57. The molecule has 5 atom stereocenters. The van der Waals surface area contributed by atoms with E-state index in [-0.39, 0.29) is 36.2 Å². The van der Waals surface area contributed by atoms with E-state index in [0.29, 0.717) is 43.6 Å². The monoisotopic (exact) mass is 594 g/mol. The molecule has 41 heavy (non-hydrogen) atoms. The van der Waals surface area contributed by atoms with Crippen LogP contribution in [-0.2, 0) is 14.3 Å². The highest BCUT2D eigenvalue weighted by atomic mass is 35.5. The molecule has 3 rings (SSSR count). The number of benzene rings is 1. The van der Waals surface area contributed by atoms with Crippen LogP contribution in [0.25, 0.3) is 0 Å². The number of likely N-dealkylation sites (tertiary alicyclic amines) is 1. The predicted octanol–water partition coefficient (Wildman–Crippen LogP) is 5.74. The second-order valence-corrected chi connectivity index (χ2v) is 12.8. The molecule has 1 saturated carbocycles. The van der Waals surface area contributed by atoms with Crippen molar-refractivity contribution in [3.8, 4) is 0 Å². The molecule has 2 fully saturated rings. The zero-order valence-corrected chi connectivity index (χ0v) is 25.9. The normalized spacial score (nSPS) is 21.2. The van der Waals surface area contributed by atoms with Gasteiger partial charge < -0.3 is 29.9 Å². The summed E-state index contributed by atoms with van der Waals surface area (Å²) in [4.78, 5) is 27.1. The molecule has 9 heteroatoms. The quantitative estimate of drug-likeness (QED) is 0.237. The van der Waals surface area contributed by atoms with Gasteiger partial charge in [-0.25, -0.2) is 4.79 Å². The molecule has 1 aromatic carbocycles. The number of halogens is 1. The minimum atomic E-state index is -0.909. The Bertz CT molecular complexity index is 941. The summed E-state index contributed by atoms with van der Waals surface area (Å²) in [6.07, 6.45) is 6.66. The van der Waals surface area contributed by atoms with Gasteiger partial charge in [0.2, 0.25) is 5.91 Å². The van der Waals surface area contributed by atoms with Crippen molar-refractivity contribution in [2.45, 2.75) is 96.4 Å². The van der Waals surface area contributed by atoms with Gasteiger partial charge in [0.15, 0.2) is 0 Å². The number of carbonyl (C=O) groups is 2. The molecule has 1 heterocycles. The number of carbonyl (C=O) groups excluding carboxylic acids is 2. The molecule has 2 aliphatic rings. The van der Waals surface area contributed by atoms with Crippen LogP contribution in [0.4, 0.5) is 4.79 Å². The molecule has 0 bridgehead atoms. The third kappa shape index (κ3) is 11.0. The Labute approximate surface area is 251 Å². The highest BCUT2D eigenvalue weighted by Gasteiger charge is 2.35. The summed E-state index contributed by atoms with van der Waals surface area (Å²) in [6, 6.07) is 7.60. The maximum atomic E-state index is 13.7. The lowest BCUT2D eigenvalue weighted by Gasteiger charge is -2.38. The van der Waals surface area contributed by atoms with Crippen molar-refractivity contribution in [3.05, 3.63) is 34.9 Å². The average Bonchev–Trinajstić information content (AvgIpc) is 2.96. The number of hydrogen-bond acceptors (Lipinski definition) is 6. The average molecular weight is 595 g/mol. The molecule has 0 spiro atoms. The zero-order chi connectivity index (χ0) is 29.8. The van der Waals surface area contributed by atoms with Crippen LogP contribution in [0, 0.1) is 23.7 Å². The van der Waals surface area contributed by atoms with Crippen LogP contribution < -0.4 is 5.32 Å². The molecule has 232 valence electrons. The smallest absolute Gasteiger partial charge is 0.406 e. The maximum absolute atomic E-state index is 13.7. The number of nitrogens with one attached hydrogen (secondary N) is 1. The van der Waals surface area contributed by atoms with Crippen molar-refractivity contribution in [2.75, 3.05) is 33.4 Å². The Kier molecular flexibility index (Phi) is 14.2. The summed E-state index contributed by atoms with van der Waals surface area (Å²) >= 11 is 6.31. The second-order valence-electron chi connectivity index (χ2n) is 12.4. The minimum Gasteiger partial charge on any atom is -0.453 e. The van der Waals surface area contributed by atoms with Crippen molar-refractivity contribution in [1.82, 2.24) is 10.2 Å². The highest BCUT2D eigenvalue weighted by Crippen LogP contribution is 2.36. The lowest BCUT2D eigenvalue weighted by atomic mass is 9.78. The molecular formula is C32H51ClN2O6. The Morgan fingerprint density at radius 1 is 1.12 bits per heavy atom. The molecule has 0 radical (unpaired) electrons. The Morgan fingerprint density at radius 3 is 2.56 bits per heavy atom. The topological polar surface area (TPSA) is 108 Å². The SMILES string of the molecule is COC(=O)NCCO[C@@H](c1cccc(Cl)c1)[C@@H]1CCCN(C(=O)C[C@@H](CC2CCCCC2)[C@@H](O)[C@@H](O)CC(C)C)C1. The van der Waals surface area contributed by atoms with E-state index in [4.69, 9.17) is 16.3 Å². The van der Waals surface area contributed by atoms with Crippen molar-refractivity contribution in [3.63, 3.8) is 0 Å². The third-order valence-electron chi connectivity index (χ3n) is 8.66. The summed E-state index contributed by atoms with van der Waals surface area (Å²) in [5.74, 6) is 0.584. The first-order chi connectivity index (χ1) is 19.7. The highest BCUT2D eigenvalue weighted by molar-refractivity contribution is 6.30. The van der Waals surface area contributed by atoms with Gasteiger partial charge in [-0.05, 0) is 61.1 Å². The Morgan fingerprint density at radius 2 is 1.88 bits per heavy atom. The molecule has 1 aliphatic heterocycles. The first-order valence-corrected chi connectivity index (χ1v) is 15.9. The lowest BCUT2D eigenvalue weighted by Crippen LogP contribution is -2.45. The van der Waals surface area contributed by atoms with Crippen molar-refractivity contribution in [2.24, 2.45) is 23.7 Å². The number of hydrogen-bond donors (Lipinski definition) is 3.